The highest BCUT2D eigenvalue weighted by atomic mass is 14.7. The summed E-state index contributed by atoms with van der Waals surface area (Å²) in [6, 6.07) is 6.15. The van der Waals surface area contributed by atoms with Gasteiger partial charge in [-0.1, -0.05) is 46.3 Å². The monoisotopic (exact) mass is 231 g/mol. The van der Waals surface area contributed by atoms with Crippen LogP contribution in [0.1, 0.15) is 59.1 Å². The SMILES string of the molecule is CCCC(C)(/C=C(\CC)c1ccccn1)CC. The number of hydrogen-bond acceptors (Lipinski definition) is 1. The van der Waals surface area contributed by atoms with Gasteiger partial charge < -0.3 is 0 Å². The van der Waals surface area contributed by atoms with Crippen LogP contribution in [-0.4, -0.2) is 4.98 Å². The maximum absolute atomic E-state index is 4.46. The molecule has 0 radical (unpaired) electrons. The van der Waals surface area contributed by atoms with Crippen molar-refractivity contribution < 1.29 is 0 Å². The Morgan fingerprint density at radius 2 is 2.06 bits per heavy atom. The summed E-state index contributed by atoms with van der Waals surface area (Å²) in [5.74, 6) is 0. The van der Waals surface area contributed by atoms with Gasteiger partial charge in [-0.2, -0.15) is 0 Å². The molecule has 1 rings (SSSR count). The molecule has 0 aliphatic carbocycles. The largest absolute Gasteiger partial charge is 0.257 e. The molecule has 0 spiro atoms. The van der Waals surface area contributed by atoms with Gasteiger partial charge >= 0.3 is 0 Å². The van der Waals surface area contributed by atoms with Crippen LogP contribution in [0.25, 0.3) is 5.57 Å². The van der Waals surface area contributed by atoms with Gasteiger partial charge in [0.15, 0.2) is 0 Å². The lowest BCUT2D eigenvalue weighted by atomic mass is 9.80. The lowest BCUT2D eigenvalue weighted by Crippen LogP contribution is -2.12. The van der Waals surface area contributed by atoms with Crippen molar-refractivity contribution >= 4 is 5.57 Å². The third kappa shape index (κ3) is 3.99. The van der Waals surface area contributed by atoms with Gasteiger partial charge in [-0.25, -0.2) is 0 Å². The summed E-state index contributed by atoms with van der Waals surface area (Å²) in [6.07, 6.45) is 9.05. The molecule has 1 unspecified atom stereocenters. The Hall–Kier alpha value is -1.11. The standard InChI is InChI=1S/C16H25N/c1-5-11-16(4,7-3)13-14(6-2)15-10-8-9-12-17-15/h8-10,12-13H,5-7,11H2,1-4H3/b14-13+. The van der Waals surface area contributed by atoms with Gasteiger partial charge in [0, 0.05) is 6.20 Å². The van der Waals surface area contributed by atoms with Crippen molar-refractivity contribution in [1.29, 1.82) is 0 Å². The van der Waals surface area contributed by atoms with E-state index < -0.39 is 0 Å². The molecule has 17 heavy (non-hydrogen) atoms. The van der Waals surface area contributed by atoms with Crippen molar-refractivity contribution in [3.63, 3.8) is 0 Å². The lowest BCUT2D eigenvalue weighted by Gasteiger charge is -2.25. The number of pyridine rings is 1. The number of aromatic nitrogens is 1. The molecule has 0 N–H and O–H groups in total. The summed E-state index contributed by atoms with van der Waals surface area (Å²) >= 11 is 0. The van der Waals surface area contributed by atoms with E-state index in [0.717, 1.165) is 12.1 Å². The molecule has 1 atom stereocenters. The van der Waals surface area contributed by atoms with Crippen LogP contribution in [0.2, 0.25) is 0 Å². The van der Waals surface area contributed by atoms with E-state index in [0.29, 0.717) is 5.41 Å². The summed E-state index contributed by atoms with van der Waals surface area (Å²) in [4.78, 5) is 4.46. The zero-order valence-electron chi connectivity index (χ0n) is 11.7. The molecule has 0 bridgehead atoms. The average molecular weight is 231 g/mol. The Bertz CT molecular complexity index is 353. The van der Waals surface area contributed by atoms with E-state index in [9.17, 15) is 0 Å². The van der Waals surface area contributed by atoms with Gasteiger partial charge in [-0.15, -0.1) is 0 Å². The van der Waals surface area contributed by atoms with Gasteiger partial charge in [-0.05, 0) is 42.4 Å². The van der Waals surface area contributed by atoms with Crippen molar-refractivity contribution in [3.8, 4) is 0 Å². The highest BCUT2D eigenvalue weighted by molar-refractivity contribution is 5.62. The third-order valence-corrected chi connectivity index (χ3v) is 3.53. The first kappa shape index (κ1) is 14.0. The van der Waals surface area contributed by atoms with Gasteiger partial charge in [-0.3, -0.25) is 4.98 Å². The minimum Gasteiger partial charge on any atom is -0.257 e. The fraction of sp³-hybridized carbons (Fsp3) is 0.562. The molecule has 0 saturated carbocycles. The second-order valence-electron chi connectivity index (χ2n) is 5.00. The first-order chi connectivity index (χ1) is 8.15. The van der Waals surface area contributed by atoms with Crippen molar-refractivity contribution in [1.82, 2.24) is 4.98 Å². The fourth-order valence-corrected chi connectivity index (χ4v) is 2.25. The van der Waals surface area contributed by atoms with Crippen molar-refractivity contribution in [2.24, 2.45) is 5.41 Å². The van der Waals surface area contributed by atoms with E-state index in [-0.39, 0.29) is 0 Å². The number of rotatable bonds is 6. The number of allylic oxidation sites excluding steroid dienone is 2. The summed E-state index contributed by atoms with van der Waals surface area (Å²) in [6.45, 7) is 9.10. The van der Waals surface area contributed by atoms with Crippen LogP contribution in [0, 0.1) is 5.41 Å². The maximum Gasteiger partial charge on any atom is 0.0658 e. The molecule has 0 fully saturated rings. The van der Waals surface area contributed by atoms with Gasteiger partial charge in [0.25, 0.3) is 0 Å². The fourth-order valence-electron chi connectivity index (χ4n) is 2.25. The molecule has 1 nitrogen and oxygen atoms in total. The van der Waals surface area contributed by atoms with Crippen LogP contribution in [0.5, 0.6) is 0 Å². The second-order valence-corrected chi connectivity index (χ2v) is 5.00. The van der Waals surface area contributed by atoms with Crippen molar-refractivity contribution in [2.75, 3.05) is 0 Å². The minimum absolute atomic E-state index is 0.317. The summed E-state index contributed by atoms with van der Waals surface area (Å²) < 4.78 is 0. The summed E-state index contributed by atoms with van der Waals surface area (Å²) in [7, 11) is 0. The van der Waals surface area contributed by atoms with Gasteiger partial charge in [0.2, 0.25) is 0 Å². The zero-order valence-corrected chi connectivity index (χ0v) is 11.7. The Labute approximate surface area is 106 Å². The summed E-state index contributed by atoms with van der Waals surface area (Å²) in [5.41, 5.74) is 2.83. The van der Waals surface area contributed by atoms with Crippen molar-refractivity contribution in [3.05, 3.63) is 36.2 Å². The maximum atomic E-state index is 4.46. The molecule has 94 valence electrons. The molecule has 0 aliphatic heterocycles. The Kier molecular flexibility index (Phi) is 5.40. The van der Waals surface area contributed by atoms with E-state index in [4.69, 9.17) is 0 Å². The highest BCUT2D eigenvalue weighted by Gasteiger charge is 2.19. The molecule has 1 aromatic rings. The molecule has 0 aliphatic rings. The van der Waals surface area contributed by atoms with E-state index in [1.54, 1.807) is 0 Å². The lowest BCUT2D eigenvalue weighted by molar-refractivity contribution is 0.373. The molecule has 0 aromatic carbocycles. The zero-order chi connectivity index (χ0) is 12.7. The molecule has 0 saturated heterocycles. The van der Waals surface area contributed by atoms with E-state index in [1.165, 1.54) is 24.8 Å². The Morgan fingerprint density at radius 3 is 2.53 bits per heavy atom. The van der Waals surface area contributed by atoms with Crippen molar-refractivity contribution in [2.45, 2.75) is 53.4 Å². The molecular formula is C16H25N. The normalized spacial score (nSPS) is 15.6. The smallest absolute Gasteiger partial charge is 0.0658 e. The molecule has 1 heterocycles. The topological polar surface area (TPSA) is 12.9 Å². The average Bonchev–Trinajstić information content (AvgIpc) is 2.37. The Morgan fingerprint density at radius 1 is 1.29 bits per heavy atom. The second kappa shape index (κ2) is 6.58. The van der Waals surface area contributed by atoms with Gasteiger partial charge in [0.1, 0.15) is 0 Å². The molecule has 1 heteroatoms. The van der Waals surface area contributed by atoms with Crippen LogP contribution in [0.15, 0.2) is 30.5 Å². The first-order valence-electron chi connectivity index (χ1n) is 6.78. The first-order valence-corrected chi connectivity index (χ1v) is 6.78. The highest BCUT2D eigenvalue weighted by Crippen LogP contribution is 2.33. The molecular weight excluding hydrogens is 206 g/mol. The van der Waals surface area contributed by atoms with E-state index in [2.05, 4.69) is 50.9 Å². The predicted molar refractivity (Wildman–Crippen MR) is 75.8 cm³/mol. The van der Waals surface area contributed by atoms with Crippen LogP contribution in [0.4, 0.5) is 0 Å². The molecule has 0 amide bonds. The number of nitrogens with zero attached hydrogens (tertiary/aromatic N) is 1. The Balaban J connectivity index is 3.00. The van der Waals surface area contributed by atoms with Crippen LogP contribution >= 0.6 is 0 Å². The van der Waals surface area contributed by atoms with E-state index in [1.807, 2.05) is 12.3 Å². The quantitative estimate of drug-likeness (QED) is 0.664. The molecule has 1 aromatic heterocycles. The minimum atomic E-state index is 0.317. The van der Waals surface area contributed by atoms with E-state index >= 15 is 0 Å². The van der Waals surface area contributed by atoms with Crippen LogP contribution in [0.3, 0.4) is 0 Å². The third-order valence-electron chi connectivity index (χ3n) is 3.53. The van der Waals surface area contributed by atoms with Crippen LogP contribution < -0.4 is 0 Å². The predicted octanol–water partition coefficient (Wildman–Crippen LogP) is 5.09. The van der Waals surface area contributed by atoms with Gasteiger partial charge in [0.05, 0.1) is 5.69 Å². The number of hydrogen-bond donors (Lipinski definition) is 0. The van der Waals surface area contributed by atoms with Crippen LogP contribution in [-0.2, 0) is 0 Å². The summed E-state index contributed by atoms with van der Waals surface area (Å²) in [5, 5.41) is 0.